The van der Waals surface area contributed by atoms with Crippen LogP contribution in [0.3, 0.4) is 0 Å². The van der Waals surface area contributed by atoms with Crippen LogP contribution in [0.1, 0.15) is 0 Å². The largest absolute Gasteiger partial charge is 0.870 e. The first kappa shape index (κ1) is 35.9. The van der Waals surface area contributed by atoms with Crippen LogP contribution in [0.2, 0.25) is 0 Å². The van der Waals surface area contributed by atoms with Gasteiger partial charge < -0.3 is 16.4 Å². The van der Waals surface area contributed by atoms with E-state index in [1.807, 2.05) is 0 Å². The van der Waals surface area contributed by atoms with Crippen molar-refractivity contribution in [1.29, 1.82) is 0 Å². The molecule has 0 amide bonds. The topological polar surface area (TPSA) is 119 Å². The third-order valence-corrected chi connectivity index (χ3v) is 0. The molecule has 0 aliphatic heterocycles. The summed E-state index contributed by atoms with van der Waals surface area (Å²) in [6.45, 7) is 0. The fourth-order valence-corrected chi connectivity index (χ4v) is 0. The molecular formula is H3NO4Ru. The molecule has 0 bridgehead atoms. The maximum Gasteiger partial charge on any atom is -0.870 e. The van der Waals surface area contributed by atoms with Gasteiger partial charge in [0.2, 0.25) is 0 Å². The molecule has 0 atom stereocenters. The quantitative estimate of drug-likeness (QED) is 0.376. The van der Waals surface area contributed by atoms with Gasteiger partial charge in [-0.1, -0.05) is 0 Å². The van der Waals surface area contributed by atoms with Crippen molar-refractivity contribution in [2.45, 2.75) is 0 Å². The fraction of sp³-hybridized carbons (Fsp3) is 0. The van der Waals surface area contributed by atoms with Crippen LogP contribution in [0.4, 0.5) is 0 Å². The van der Waals surface area contributed by atoms with Crippen LogP contribution in [0.25, 0.3) is 0 Å². The van der Waals surface area contributed by atoms with E-state index in [1.165, 1.54) is 0 Å². The van der Waals surface area contributed by atoms with Crippen molar-refractivity contribution in [3.63, 3.8) is 0 Å². The second-order valence-corrected chi connectivity index (χ2v) is 0.382. The van der Waals surface area contributed by atoms with Gasteiger partial charge in [-0.3, -0.25) is 0 Å². The third kappa shape index (κ3) is 3700. The van der Waals surface area contributed by atoms with Crippen LogP contribution in [-0.4, -0.2) is 16.4 Å². The monoisotopic (exact) mass is 183 g/mol. The van der Waals surface area contributed by atoms with Crippen molar-refractivity contribution < 1.29 is 35.0 Å². The molecular weight excluding hydrogens is 179 g/mol. The summed E-state index contributed by atoms with van der Waals surface area (Å²) in [5.41, 5.74) is 0. The molecule has 0 heterocycles. The second-order valence-electron chi connectivity index (χ2n) is 0.0645. The standard InChI is InChI=1S/NO.3H2O.Ru/c1-2;;;;/h;3*1H2;/q-1;;;;+4/p-3. The molecule has 0 rings (SSSR count). The van der Waals surface area contributed by atoms with Crippen LogP contribution in [0.15, 0.2) is 3.92 Å². The summed E-state index contributed by atoms with van der Waals surface area (Å²) in [5, 5.41) is 0. The molecule has 0 aromatic carbocycles. The van der Waals surface area contributed by atoms with Gasteiger partial charge in [0.15, 0.2) is 0 Å². The Labute approximate surface area is 44.6 Å². The molecule has 0 fully saturated rings. The number of nitrogens with zero attached hydrogens (tertiary/aromatic N) is 1. The average molecular weight is 182 g/mol. The Morgan fingerprint density at radius 1 is 1.17 bits per heavy atom. The van der Waals surface area contributed by atoms with E-state index in [4.69, 9.17) is 4.91 Å². The van der Waals surface area contributed by atoms with Gasteiger partial charge in [-0.05, 0) is 0 Å². The second kappa shape index (κ2) is 70.6. The molecule has 6 heteroatoms. The molecule has 0 radical (unpaired) electrons. The van der Waals surface area contributed by atoms with Gasteiger partial charge in [0, 0.05) is 0 Å². The molecule has 0 unspecified atom stereocenters. The van der Waals surface area contributed by atoms with Gasteiger partial charge in [0.05, 0.1) is 0 Å². The van der Waals surface area contributed by atoms with Crippen molar-refractivity contribution in [3.05, 3.63) is 4.91 Å². The number of nitroso groups, excluding NO2 is 1. The fourth-order valence-electron chi connectivity index (χ4n) is 0. The summed E-state index contributed by atoms with van der Waals surface area (Å²) in [7, 11) is 0. The van der Waals surface area contributed by atoms with E-state index in [2.05, 4.69) is 3.92 Å². The van der Waals surface area contributed by atoms with E-state index < -0.39 is 0 Å². The molecule has 40 valence electrons. The zero-order valence-corrected chi connectivity index (χ0v) is 4.29. The molecule has 6 heavy (non-hydrogen) atoms. The summed E-state index contributed by atoms with van der Waals surface area (Å²) in [5.74, 6) is 0. The van der Waals surface area contributed by atoms with Crippen LogP contribution in [0, 0.1) is 4.91 Å². The summed E-state index contributed by atoms with van der Waals surface area (Å²) in [4.78, 5) is 8.52. The Hall–Kier alpha value is 0.103. The van der Waals surface area contributed by atoms with Gasteiger partial charge in [-0.15, -0.1) is 0 Å². The van der Waals surface area contributed by atoms with E-state index in [9.17, 15) is 0 Å². The van der Waals surface area contributed by atoms with Crippen LogP contribution < -0.4 is 0 Å². The Balaban J connectivity index is -0.00000000667. The summed E-state index contributed by atoms with van der Waals surface area (Å²) in [6.07, 6.45) is 0. The average Bonchev–Trinajstić information content (AvgIpc) is 0.918. The van der Waals surface area contributed by atoms with E-state index in [1.54, 1.807) is 18.5 Å². The van der Waals surface area contributed by atoms with Crippen LogP contribution >= 0.6 is 0 Å². The molecule has 0 saturated heterocycles. The first-order valence-electron chi connectivity index (χ1n) is 0.341. The van der Waals surface area contributed by atoms with Crippen LogP contribution in [-0.2, 0) is 18.5 Å². The maximum absolute atomic E-state index is 8.52. The Kier molecular flexibility index (Phi) is 423. The molecule has 0 spiro atoms. The number of rotatable bonds is 0. The molecule has 0 aromatic heterocycles. The molecule has 0 aliphatic rings. The minimum absolute atomic E-state index is 0. The SMILES string of the molecule is O=[N][Ru+3].[OH-].[OH-].[OH-]. The Bertz CT molecular complexity index is 15.0. The zero-order chi connectivity index (χ0) is 2.71. The summed E-state index contributed by atoms with van der Waals surface area (Å²) < 4.78 is 2.18. The van der Waals surface area contributed by atoms with Crippen molar-refractivity contribution in [2.75, 3.05) is 0 Å². The molecule has 0 aliphatic carbocycles. The van der Waals surface area contributed by atoms with Crippen molar-refractivity contribution in [2.24, 2.45) is 3.92 Å². The normalized spacial score (nSPS) is 2.00. The van der Waals surface area contributed by atoms with E-state index in [-0.39, 0.29) is 16.4 Å². The predicted octanol–water partition coefficient (Wildman–Crippen LogP) is -0.316. The minimum atomic E-state index is 0. The predicted molar refractivity (Wildman–Crippen MR) is 11.6 cm³/mol. The molecule has 3 N–H and O–H groups in total. The summed E-state index contributed by atoms with van der Waals surface area (Å²) >= 11 is 1.58. The Morgan fingerprint density at radius 2 is 1.17 bits per heavy atom. The third-order valence-electron chi connectivity index (χ3n) is 0. The minimum Gasteiger partial charge on any atom is -0.870 e. The van der Waals surface area contributed by atoms with Crippen molar-refractivity contribution in [1.82, 2.24) is 0 Å². The molecule has 0 aromatic rings. The van der Waals surface area contributed by atoms with Gasteiger partial charge in [-0.2, -0.15) is 0 Å². The molecule has 0 saturated carbocycles. The summed E-state index contributed by atoms with van der Waals surface area (Å²) in [6, 6.07) is 0. The van der Waals surface area contributed by atoms with Crippen LogP contribution in [0.5, 0.6) is 0 Å². The van der Waals surface area contributed by atoms with Gasteiger partial charge >= 0.3 is 27.4 Å². The van der Waals surface area contributed by atoms with E-state index in [0.29, 0.717) is 0 Å². The number of hydrogen-bond acceptors (Lipinski definition) is 5. The zero-order valence-electron chi connectivity index (χ0n) is 2.55. The van der Waals surface area contributed by atoms with Gasteiger partial charge in [-0.25, -0.2) is 0 Å². The van der Waals surface area contributed by atoms with Crippen molar-refractivity contribution in [3.8, 4) is 0 Å². The number of hydrogen-bond donors (Lipinski definition) is 0. The van der Waals surface area contributed by atoms with Gasteiger partial charge in [0.25, 0.3) is 0 Å². The van der Waals surface area contributed by atoms with Gasteiger partial charge in [0.1, 0.15) is 0 Å². The maximum atomic E-state index is 8.52. The van der Waals surface area contributed by atoms with E-state index in [0.717, 1.165) is 0 Å². The Morgan fingerprint density at radius 3 is 1.17 bits per heavy atom. The first-order chi connectivity index (χ1) is 1.41. The smallest absolute Gasteiger partial charge is 0.870 e. The molecule has 5 nitrogen and oxygen atoms in total. The first-order valence-corrected chi connectivity index (χ1v) is 1.12. The van der Waals surface area contributed by atoms with Crippen molar-refractivity contribution >= 4 is 0 Å². The van der Waals surface area contributed by atoms with E-state index >= 15 is 0 Å².